The van der Waals surface area contributed by atoms with Gasteiger partial charge in [-0.2, -0.15) is 0 Å². The Hall–Kier alpha value is -6.62. The Balaban J connectivity index is 1.19. The second kappa shape index (κ2) is 11.5. The molecule has 3 aromatic heterocycles. The van der Waals surface area contributed by atoms with Crippen LogP contribution in [0.15, 0.2) is 186 Å². The van der Waals surface area contributed by atoms with Crippen LogP contribution in [0.4, 0.5) is 17.1 Å². The highest BCUT2D eigenvalue weighted by molar-refractivity contribution is 7.25. The molecule has 52 heavy (non-hydrogen) atoms. The van der Waals surface area contributed by atoms with Crippen LogP contribution < -0.4 is 4.90 Å². The molecular formula is C48H30N2OS. The molecule has 0 spiro atoms. The third kappa shape index (κ3) is 4.38. The largest absolute Gasteiger partial charge is 0.454 e. The Kier molecular flexibility index (Phi) is 6.42. The van der Waals surface area contributed by atoms with E-state index < -0.39 is 0 Å². The normalized spacial score (nSPS) is 11.8. The van der Waals surface area contributed by atoms with Crippen molar-refractivity contribution in [2.75, 3.05) is 4.90 Å². The van der Waals surface area contributed by atoms with Gasteiger partial charge in [-0.15, -0.1) is 11.3 Å². The average Bonchev–Trinajstić information content (AvgIpc) is 3.88. The molecule has 11 aromatic rings. The third-order valence-electron chi connectivity index (χ3n) is 10.4. The predicted octanol–water partition coefficient (Wildman–Crippen LogP) is 14.2. The average molecular weight is 683 g/mol. The van der Waals surface area contributed by atoms with Crippen molar-refractivity contribution in [3.05, 3.63) is 182 Å². The Morgan fingerprint density at radius 1 is 0.462 bits per heavy atom. The lowest BCUT2D eigenvalue weighted by atomic mass is 9.95. The van der Waals surface area contributed by atoms with E-state index in [0.717, 1.165) is 55.7 Å². The first kappa shape index (κ1) is 29.1. The molecule has 0 radical (unpaired) electrons. The number of hydrogen-bond donors (Lipinski definition) is 0. The summed E-state index contributed by atoms with van der Waals surface area (Å²) in [7, 11) is 0. The number of fused-ring (bicyclic) bond motifs is 10. The maximum atomic E-state index is 6.81. The second-order valence-corrected chi connectivity index (χ2v) is 14.4. The van der Waals surface area contributed by atoms with Gasteiger partial charge in [0.1, 0.15) is 5.58 Å². The number of thiophene rings is 1. The summed E-state index contributed by atoms with van der Waals surface area (Å²) >= 11 is 1.86. The highest BCUT2D eigenvalue weighted by Gasteiger charge is 2.23. The van der Waals surface area contributed by atoms with Crippen molar-refractivity contribution in [1.82, 2.24) is 4.57 Å². The molecule has 0 aliphatic carbocycles. The molecule has 8 aromatic carbocycles. The van der Waals surface area contributed by atoms with Crippen LogP contribution in [0.25, 0.3) is 80.7 Å². The number of aromatic nitrogens is 1. The lowest BCUT2D eigenvalue weighted by molar-refractivity contribution is 0.671. The van der Waals surface area contributed by atoms with E-state index in [1.54, 1.807) is 0 Å². The molecule has 3 heterocycles. The fourth-order valence-corrected chi connectivity index (χ4v) is 9.16. The van der Waals surface area contributed by atoms with Crippen molar-refractivity contribution >= 4 is 92.3 Å². The summed E-state index contributed by atoms with van der Waals surface area (Å²) in [6, 6.07) is 65.3. The van der Waals surface area contributed by atoms with Crippen LogP contribution >= 0.6 is 11.3 Å². The monoisotopic (exact) mass is 682 g/mol. The minimum Gasteiger partial charge on any atom is -0.454 e. The molecule has 0 bridgehead atoms. The highest BCUT2D eigenvalue weighted by atomic mass is 32.1. The molecule has 0 unspecified atom stereocenters. The zero-order valence-electron chi connectivity index (χ0n) is 28.0. The van der Waals surface area contributed by atoms with Gasteiger partial charge in [-0.25, -0.2) is 0 Å². The molecule has 0 atom stereocenters. The maximum absolute atomic E-state index is 6.81. The van der Waals surface area contributed by atoms with Crippen molar-refractivity contribution in [2.24, 2.45) is 0 Å². The van der Waals surface area contributed by atoms with Gasteiger partial charge in [0.05, 0.1) is 11.0 Å². The van der Waals surface area contributed by atoms with Gasteiger partial charge in [0.25, 0.3) is 0 Å². The summed E-state index contributed by atoms with van der Waals surface area (Å²) in [4.78, 5) is 2.30. The minimum absolute atomic E-state index is 0.892. The number of anilines is 3. The van der Waals surface area contributed by atoms with E-state index in [-0.39, 0.29) is 0 Å². The van der Waals surface area contributed by atoms with Gasteiger partial charge in [0, 0.05) is 64.5 Å². The lowest BCUT2D eigenvalue weighted by Gasteiger charge is -2.25. The van der Waals surface area contributed by atoms with Crippen LogP contribution in [0.5, 0.6) is 0 Å². The Bertz CT molecular complexity index is 3080. The maximum Gasteiger partial charge on any atom is 0.160 e. The van der Waals surface area contributed by atoms with Crippen molar-refractivity contribution < 1.29 is 4.42 Å². The smallest absolute Gasteiger partial charge is 0.160 e. The van der Waals surface area contributed by atoms with E-state index >= 15 is 0 Å². The zero-order chi connectivity index (χ0) is 34.2. The Labute approximate surface area is 303 Å². The first-order valence-corrected chi connectivity index (χ1v) is 18.4. The van der Waals surface area contributed by atoms with Crippen molar-refractivity contribution in [3.8, 4) is 16.8 Å². The fourth-order valence-electron chi connectivity index (χ4n) is 8.07. The topological polar surface area (TPSA) is 21.3 Å². The lowest BCUT2D eigenvalue weighted by Crippen LogP contribution is -2.09. The number of para-hydroxylation sites is 4. The quantitative estimate of drug-likeness (QED) is 0.180. The highest BCUT2D eigenvalue weighted by Crippen LogP contribution is 2.47. The van der Waals surface area contributed by atoms with E-state index in [9.17, 15) is 0 Å². The molecule has 3 nitrogen and oxygen atoms in total. The molecule has 0 N–H and O–H groups in total. The van der Waals surface area contributed by atoms with Crippen LogP contribution in [0.2, 0.25) is 0 Å². The van der Waals surface area contributed by atoms with Crippen molar-refractivity contribution in [3.63, 3.8) is 0 Å². The summed E-state index contributed by atoms with van der Waals surface area (Å²) in [6.07, 6.45) is 0. The molecule has 0 aliphatic heterocycles. The molecule has 0 saturated heterocycles. The van der Waals surface area contributed by atoms with Crippen LogP contribution in [0.3, 0.4) is 0 Å². The number of hydrogen-bond acceptors (Lipinski definition) is 3. The van der Waals surface area contributed by atoms with Gasteiger partial charge < -0.3 is 13.9 Å². The van der Waals surface area contributed by atoms with Gasteiger partial charge in [-0.3, -0.25) is 0 Å². The fraction of sp³-hybridized carbons (Fsp3) is 0. The molecule has 0 aliphatic rings. The summed E-state index contributed by atoms with van der Waals surface area (Å²) in [5.74, 6) is 0. The van der Waals surface area contributed by atoms with Crippen LogP contribution in [-0.2, 0) is 0 Å². The molecule has 4 heteroatoms. The molecule has 0 fully saturated rings. The molecule has 0 amide bonds. The molecule has 244 valence electrons. The van der Waals surface area contributed by atoms with Crippen LogP contribution in [-0.4, -0.2) is 4.57 Å². The van der Waals surface area contributed by atoms with Gasteiger partial charge in [0.2, 0.25) is 0 Å². The number of nitrogens with zero attached hydrogens (tertiary/aromatic N) is 2. The summed E-state index contributed by atoms with van der Waals surface area (Å²) in [5.41, 5.74) is 10.8. The van der Waals surface area contributed by atoms with E-state index in [1.807, 2.05) is 11.3 Å². The number of furan rings is 1. The third-order valence-corrected chi connectivity index (χ3v) is 11.5. The van der Waals surface area contributed by atoms with E-state index in [4.69, 9.17) is 4.42 Å². The predicted molar refractivity (Wildman–Crippen MR) is 221 cm³/mol. The first-order chi connectivity index (χ1) is 25.8. The van der Waals surface area contributed by atoms with Gasteiger partial charge in [-0.1, -0.05) is 97.1 Å². The summed E-state index contributed by atoms with van der Waals surface area (Å²) in [5, 5.41) is 7.23. The second-order valence-electron chi connectivity index (χ2n) is 13.3. The minimum atomic E-state index is 0.892. The Morgan fingerprint density at radius 2 is 1.08 bits per heavy atom. The number of benzene rings is 8. The van der Waals surface area contributed by atoms with Crippen LogP contribution in [0, 0.1) is 0 Å². The molecule has 0 saturated carbocycles. The van der Waals surface area contributed by atoms with Crippen molar-refractivity contribution in [2.45, 2.75) is 0 Å². The summed E-state index contributed by atoms with van der Waals surface area (Å²) < 4.78 is 11.8. The van der Waals surface area contributed by atoms with E-state index in [1.165, 1.54) is 42.1 Å². The number of rotatable bonds is 5. The van der Waals surface area contributed by atoms with E-state index in [2.05, 4.69) is 191 Å². The van der Waals surface area contributed by atoms with Gasteiger partial charge in [-0.05, 0) is 96.1 Å². The van der Waals surface area contributed by atoms with E-state index in [0.29, 0.717) is 0 Å². The van der Waals surface area contributed by atoms with Crippen molar-refractivity contribution in [1.29, 1.82) is 0 Å². The van der Waals surface area contributed by atoms with Crippen LogP contribution in [0.1, 0.15) is 0 Å². The molecular weight excluding hydrogens is 653 g/mol. The first-order valence-electron chi connectivity index (χ1n) is 17.6. The van der Waals surface area contributed by atoms with Gasteiger partial charge >= 0.3 is 0 Å². The zero-order valence-corrected chi connectivity index (χ0v) is 28.8. The molecule has 11 rings (SSSR count). The summed E-state index contributed by atoms with van der Waals surface area (Å²) in [6.45, 7) is 0. The Morgan fingerprint density at radius 3 is 1.85 bits per heavy atom. The standard InChI is InChI=1S/C48H30N2OS/c1-3-13-32(14-4-1)49(33-15-5-2-6-16-33)34-24-26-35(27-25-34)50-42-20-10-7-19-38(42)46-39(30-41-36-17-8-11-21-43(36)51-48(41)47(46)50)31-23-28-45-40(29-31)37-18-9-12-22-44(37)52-45/h1-30H. The SMILES string of the molecule is c1ccc(N(c2ccccc2)c2ccc(-n3c4ccccc4c4c(-c5ccc6sc7ccccc7c6c5)cc5c6ccccc6oc5c43)cc2)cc1. The van der Waals surface area contributed by atoms with Gasteiger partial charge in [0.15, 0.2) is 5.58 Å².